The smallest absolute Gasteiger partial charge is 0.237 e. The Hall–Kier alpha value is -2.52. The molecule has 0 bridgehead atoms. The minimum atomic E-state index is -0.393. The summed E-state index contributed by atoms with van der Waals surface area (Å²) in [6.07, 6.45) is 2.25. The van der Waals surface area contributed by atoms with Gasteiger partial charge in [-0.3, -0.25) is 14.0 Å². The molecule has 1 fully saturated rings. The fraction of sp³-hybridized carbons (Fsp3) is 0.429. The highest BCUT2D eigenvalue weighted by Gasteiger charge is 2.26. The molecular weight excluding hydrogens is 434 g/mol. The molecule has 0 radical (unpaired) electrons. The summed E-state index contributed by atoms with van der Waals surface area (Å²) in [6.45, 7) is 7.55. The van der Waals surface area contributed by atoms with Crippen molar-refractivity contribution in [3.05, 3.63) is 40.7 Å². The van der Waals surface area contributed by atoms with Crippen LogP contribution in [0.15, 0.2) is 29.4 Å². The Balaban J connectivity index is 1.62. The molecule has 1 N–H and O–H groups in total. The number of carbonyl (C=O) groups excluding carboxylic acids is 1. The third kappa shape index (κ3) is 4.29. The van der Waals surface area contributed by atoms with Gasteiger partial charge in [0, 0.05) is 20.1 Å². The third-order valence-corrected chi connectivity index (χ3v) is 6.87. The predicted molar refractivity (Wildman–Crippen MR) is 124 cm³/mol. The number of anilines is 2. The van der Waals surface area contributed by atoms with Gasteiger partial charge in [0.25, 0.3) is 0 Å². The molecule has 3 aromatic rings. The van der Waals surface area contributed by atoms with Crippen LogP contribution in [0.5, 0.6) is 0 Å². The quantitative estimate of drug-likeness (QED) is 0.561. The molecular formula is C21H26ClN7OS. The highest BCUT2D eigenvalue weighted by Crippen LogP contribution is 2.33. The first kappa shape index (κ1) is 21.7. The van der Waals surface area contributed by atoms with E-state index >= 15 is 0 Å². The number of nitrogens with one attached hydrogen (secondary N) is 1. The topological polar surface area (TPSA) is 80.9 Å². The van der Waals surface area contributed by atoms with Crippen molar-refractivity contribution in [1.82, 2.24) is 24.5 Å². The molecule has 1 atom stereocenters. The third-order valence-electron chi connectivity index (χ3n) is 5.51. The average Bonchev–Trinajstić information content (AvgIpc) is 3.45. The first-order valence-corrected chi connectivity index (χ1v) is 11.6. The zero-order valence-corrected chi connectivity index (χ0v) is 19.7. The average molecular weight is 460 g/mol. The van der Waals surface area contributed by atoms with E-state index < -0.39 is 5.25 Å². The van der Waals surface area contributed by atoms with E-state index in [2.05, 4.69) is 25.5 Å². The van der Waals surface area contributed by atoms with Crippen LogP contribution in [-0.2, 0) is 11.8 Å². The maximum absolute atomic E-state index is 12.9. The van der Waals surface area contributed by atoms with Crippen LogP contribution in [0.4, 0.5) is 11.6 Å². The zero-order valence-electron chi connectivity index (χ0n) is 18.1. The minimum Gasteiger partial charge on any atom is -0.341 e. The van der Waals surface area contributed by atoms with Gasteiger partial charge < -0.3 is 10.2 Å². The van der Waals surface area contributed by atoms with Crippen LogP contribution in [0.3, 0.4) is 0 Å². The number of aromatic nitrogens is 5. The number of amides is 1. The highest BCUT2D eigenvalue weighted by molar-refractivity contribution is 8.00. The monoisotopic (exact) mass is 459 g/mol. The van der Waals surface area contributed by atoms with Gasteiger partial charge in [0.2, 0.25) is 11.9 Å². The van der Waals surface area contributed by atoms with Gasteiger partial charge in [0.05, 0.1) is 33.0 Å². The molecule has 1 aliphatic rings. The lowest BCUT2D eigenvalue weighted by Gasteiger charge is -2.19. The molecule has 2 aromatic heterocycles. The number of thioether (sulfide) groups is 1. The molecule has 164 valence electrons. The highest BCUT2D eigenvalue weighted by atomic mass is 35.5. The van der Waals surface area contributed by atoms with Gasteiger partial charge in [-0.1, -0.05) is 35.5 Å². The van der Waals surface area contributed by atoms with Crippen molar-refractivity contribution in [2.45, 2.75) is 44.0 Å². The van der Waals surface area contributed by atoms with Gasteiger partial charge in [-0.15, -0.1) is 10.2 Å². The van der Waals surface area contributed by atoms with E-state index in [-0.39, 0.29) is 5.91 Å². The minimum absolute atomic E-state index is 0.111. The fourth-order valence-corrected chi connectivity index (χ4v) is 4.77. The number of nitrogens with zero attached hydrogens (tertiary/aromatic N) is 6. The summed E-state index contributed by atoms with van der Waals surface area (Å²) in [5, 5.41) is 17.1. The zero-order chi connectivity index (χ0) is 22.1. The molecule has 1 unspecified atom stereocenters. The van der Waals surface area contributed by atoms with Crippen molar-refractivity contribution < 1.29 is 4.79 Å². The Kier molecular flexibility index (Phi) is 6.24. The van der Waals surface area contributed by atoms with Gasteiger partial charge in [-0.05, 0) is 45.7 Å². The second kappa shape index (κ2) is 8.92. The lowest BCUT2D eigenvalue weighted by atomic mass is 10.3. The molecule has 1 aromatic carbocycles. The Morgan fingerprint density at radius 3 is 2.55 bits per heavy atom. The first-order chi connectivity index (χ1) is 14.9. The van der Waals surface area contributed by atoms with E-state index in [4.69, 9.17) is 11.6 Å². The van der Waals surface area contributed by atoms with Gasteiger partial charge in [0.15, 0.2) is 5.16 Å². The van der Waals surface area contributed by atoms with Crippen LogP contribution in [0.2, 0.25) is 5.02 Å². The van der Waals surface area contributed by atoms with Crippen molar-refractivity contribution >= 4 is 40.9 Å². The van der Waals surface area contributed by atoms with Crippen LogP contribution in [0.25, 0.3) is 5.69 Å². The maximum Gasteiger partial charge on any atom is 0.237 e. The molecule has 1 saturated heterocycles. The van der Waals surface area contributed by atoms with Crippen molar-refractivity contribution in [3.63, 3.8) is 0 Å². The second-order valence-electron chi connectivity index (χ2n) is 7.68. The van der Waals surface area contributed by atoms with E-state index in [0.29, 0.717) is 10.2 Å². The number of carbonyl (C=O) groups is 1. The number of aryl methyl sites for hydroxylation is 2. The van der Waals surface area contributed by atoms with E-state index in [0.717, 1.165) is 54.6 Å². The van der Waals surface area contributed by atoms with Crippen molar-refractivity contribution in [1.29, 1.82) is 0 Å². The SMILES string of the molecule is Cc1nn(C)c(C)c1NC(=O)C(C)Sc1nnc(N2CCCC2)n1-c1ccccc1Cl. The van der Waals surface area contributed by atoms with E-state index in [1.54, 1.807) is 4.68 Å². The number of rotatable bonds is 6. The Morgan fingerprint density at radius 2 is 1.90 bits per heavy atom. The molecule has 1 amide bonds. The van der Waals surface area contributed by atoms with Crippen LogP contribution in [-0.4, -0.2) is 48.8 Å². The van der Waals surface area contributed by atoms with Crippen LogP contribution < -0.4 is 10.2 Å². The van der Waals surface area contributed by atoms with Crippen molar-refractivity contribution in [2.24, 2.45) is 7.05 Å². The number of benzene rings is 1. The normalized spacial score (nSPS) is 14.8. The summed E-state index contributed by atoms with van der Waals surface area (Å²) in [5.74, 6) is 0.653. The number of hydrogen-bond acceptors (Lipinski definition) is 6. The van der Waals surface area contributed by atoms with Gasteiger partial charge in [-0.2, -0.15) is 5.10 Å². The van der Waals surface area contributed by atoms with Gasteiger partial charge in [-0.25, -0.2) is 0 Å². The Labute approximate surface area is 191 Å². The number of para-hydroxylation sites is 1. The van der Waals surface area contributed by atoms with Gasteiger partial charge >= 0.3 is 0 Å². The summed E-state index contributed by atoms with van der Waals surface area (Å²) in [7, 11) is 1.86. The number of halogens is 1. The van der Waals surface area contributed by atoms with Crippen molar-refractivity contribution in [3.8, 4) is 5.69 Å². The lowest BCUT2D eigenvalue weighted by molar-refractivity contribution is -0.115. The van der Waals surface area contributed by atoms with Crippen molar-refractivity contribution in [2.75, 3.05) is 23.3 Å². The molecule has 0 saturated carbocycles. The summed E-state index contributed by atoms with van der Waals surface area (Å²) in [4.78, 5) is 15.2. The molecule has 0 aliphatic carbocycles. The number of hydrogen-bond donors (Lipinski definition) is 1. The molecule has 8 nitrogen and oxygen atoms in total. The van der Waals surface area contributed by atoms with E-state index in [9.17, 15) is 4.79 Å². The molecule has 3 heterocycles. The lowest BCUT2D eigenvalue weighted by Crippen LogP contribution is -2.24. The molecule has 31 heavy (non-hydrogen) atoms. The summed E-state index contributed by atoms with van der Waals surface area (Å²) < 4.78 is 3.72. The summed E-state index contributed by atoms with van der Waals surface area (Å²) in [6, 6.07) is 7.63. The van der Waals surface area contributed by atoms with E-state index in [1.165, 1.54) is 11.8 Å². The van der Waals surface area contributed by atoms with Crippen LogP contribution >= 0.6 is 23.4 Å². The maximum atomic E-state index is 12.9. The molecule has 4 rings (SSSR count). The summed E-state index contributed by atoms with van der Waals surface area (Å²) >= 11 is 7.88. The standard InChI is InChI=1S/C21H26ClN7OS/c1-13-18(14(2)27(4)26-13)23-19(30)15(3)31-21-25-24-20(28-11-7-8-12-28)29(21)17-10-6-5-9-16(17)22/h5-6,9-10,15H,7-8,11-12H2,1-4H3,(H,23,30). The van der Waals surface area contributed by atoms with E-state index in [1.807, 2.05) is 56.7 Å². The molecule has 1 aliphatic heterocycles. The largest absolute Gasteiger partial charge is 0.341 e. The Bertz CT molecular complexity index is 1100. The molecule has 0 spiro atoms. The predicted octanol–water partition coefficient (Wildman–Crippen LogP) is 3.99. The fourth-order valence-electron chi connectivity index (χ4n) is 3.70. The second-order valence-corrected chi connectivity index (χ2v) is 9.40. The first-order valence-electron chi connectivity index (χ1n) is 10.3. The van der Waals surface area contributed by atoms with Crippen LogP contribution in [0, 0.1) is 13.8 Å². The van der Waals surface area contributed by atoms with Gasteiger partial charge in [0.1, 0.15) is 0 Å². The summed E-state index contributed by atoms with van der Waals surface area (Å²) in [5.41, 5.74) is 3.27. The Morgan fingerprint density at radius 1 is 1.19 bits per heavy atom. The molecule has 10 heteroatoms. The van der Waals surface area contributed by atoms with Crippen LogP contribution in [0.1, 0.15) is 31.2 Å².